The number of ether oxygens (including phenoxy) is 1. The molecule has 84 valence electrons. The van der Waals surface area contributed by atoms with E-state index < -0.39 is 0 Å². The van der Waals surface area contributed by atoms with Crippen LogP contribution in [0.5, 0.6) is 5.75 Å². The Morgan fingerprint density at radius 3 is 2.73 bits per heavy atom. The van der Waals surface area contributed by atoms with Crippen LogP contribution in [0.4, 0.5) is 0 Å². The SMILES string of the molecule is CCCC(C)COCc1ccccc1O. The smallest absolute Gasteiger partial charge is 0.121 e. The topological polar surface area (TPSA) is 29.5 Å². The first kappa shape index (κ1) is 12.1. The maximum absolute atomic E-state index is 9.50. The van der Waals surface area contributed by atoms with Crippen LogP contribution >= 0.6 is 0 Å². The van der Waals surface area contributed by atoms with Crippen LogP contribution in [-0.2, 0) is 11.3 Å². The lowest BCUT2D eigenvalue weighted by atomic mass is 10.1. The van der Waals surface area contributed by atoms with Crippen molar-refractivity contribution in [3.05, 3.63) is 29.8 Å². The van der Waals surface area contributed by atoms with Gasteiger partial charge in [0.25, 0.3) is 0 Å². The second kappa shape index (κ2) is 6.46. The van der Waals surface area contributed by atoms with E-state index in [-0.39, 0.29) is 0 Å². The van der Waals surface area contributed by atoms with Gasteiger partial charge in [-0.3, -0.25) is 0 Å². The van der Waals surface area contributed by atoms with Gasteiger partial charge in [-0.05, 0) is 18.4 Å². The maximum Gasteiger partial charge on any atom is 0.121 e. The number of rotatable bonds is 6. The molecule has 0 fully saturated rings. The fourth-order valence-corrected chi connectivity index (χ4v) is 1.58. The third-order valence-electron chi connectivity index (χ3n) is 2.43. The van der Waals surface area contributed by atoms with Gasteiger partial charge in [0.05, 0.1) is 6.61 Å². The average Bonchev–Trinajstić information content (AvgIpc) is 2.21. The minimum atomic E-state index is 0.320. The summed E-state index contributed by atoms with van der Waals surface area (Å²) in [5.74, 6) is 0.918. The molecule has 0 aromatic heterocycles. The van der Waals surface area contributed by atoms with Gasteiger partial charge in [-0.25, -0.2) is 0 Å². The van der Waals surface area contributed by atoms with Gasteiger partial charge in [0, 0.05) is 12.2 Å². The maximum atomic E-state index is 9.50. The van der Waals surface area contributed by atoms with E-state index in [1.54, 1.807) is 6.07 Å². The Kier molecular flexibility index (Phi) is 5.19. The van der Waals surface area contributed by atoms with Crippen molar-refractivity contribution in [1.29, 1.82) is 0 Å². The summed E-state index contributed by atoms with van der Waals surface area (Å²) in [4.78, 5) is 0. The van der Waals surface area contributed by atoms with Crippen LogP contribution < -0.4 is 0 Å². The van der Waals surface area contributed by atoms with Crippen LogP contribution in [0.3, 0.4) is 0 Å². The van der Waals surface area contributed by atoms with E-state index in [0.717, 1.165) is 12.2 Å². The van der Waals surface area contributed by atoms with Gasteiger partial charge in [-0.15, -0.1) is 0 Å². The first-order valence-corrected chi connectivity index (χ1v) is 5.58. The van der Waals surface area contributed by atoms with Crippen molar-refractivity contribution in [3.8, 4) is 5.75 Å². The van der Waals surface area contributed by atoms with Crippen LogP contribution in [0.2, 0.25) is 0 Å². The summed E-state index contributed by atoms with van der Waals surface area (Å²) in [6, 6.07) is 7.31. The number of phenols is 1. The summed E-state index contributed by atoms with van der Waals surface area (Å²) in [6.45, 7) is 5.64. The molecule has 0 aliphatic rings. The Balaban J connectivity index is 2.29. The van der Waals surface area contributed by atoms with E-state index >= 15 is 0 Å². The van der Waals surface area contributed by atoms with Gasteiger partial charge in [0.15, 0.2) is 0 Å². The Labute approximate surface area is 91.9 Å². The fraction of sp³-hybridized carbons (Fsp3) is 0.538. The Hall–Kier alpha value is -1.02. The molecule has 2 nitrogen and oxygen atoms in total. The molecule has 15 heavy (non-hydrogen) atoms. The van der Waals surface area contributed by atoms with E-state index in [9.17, 15) is 5.11 Å². The lowest BCUT2D eigenvalue weighted by molar-refractivity contribution is 0.0880. The van der Waals surface area contributed by atoms with Crippen molar-refractivity contribution in [1.82, 2.24) is 0 Å². The van der Waals surface area contributed by atoms with Crippen molar-refractivity contribution in [3.63, 3.8) is 0 Å². The van der Waals surface area contributed by atoms with Gasteiger partial charge >= 0.3 is 0 Å². The first-order chi connectivity index (χ1) is 7.24. The lowest BCUT2D eigenvalue weighted by Crippen LogP contribution is -2.05. The minimum Gasteiger partial charge on any atom is -0.508 e. The van der Waals surface area contributed by atoms with E-state index in [4.69, 9.17) is 4.74 Å². The highest BCUT2D eigenvalue weighted by Crippen LogP contribution is 2.17. The fourth-order valence-electron chi connectivity index (χ4n) is 1.58. The van der Waals surface area contributed by atoms with E-state index in [2.05, 4.69) is 13.8 Å². The molecular formula is C13H20O2. The summed E-state index contributed by atoms with van der Waals surface area (Å²) < 4.78 is 5.55. The van der Waals surface area contributed by atoms with Crippen molar-refractivity contribution in [2.45, 2.75) is 33.3 Å². The van der Waals surface area contributed by atoms with Gasteiger partial charge in [-0.1, -0.05) is 38.5 Å². The summed E-state index contributed by atoms with van der Waals surface area (Å²) in [5, 5.41) is 9.50. The molecule has 0 amide bonds. The predicted molar refractivity (Wildman–Crippen MR) is 61.8 cm³/mol. The van der Waals surface area contributed by atoms with Gasteiger partial charge in [-0.2, -0.15) is 0 Å². The van der Waals surface area contributed by atoms with Crippen LogP contribution in [-0.4, -0.2) is 11.7 Å². The monoisotopic (exact) mass is 208 g/mol. The van der Waals surface area contributed by atoms with Crippen molar-refractivity contribution < 1.29 is 9.84 Å². The second-order valence-corrected chi connectivity index (χ2v) is 4.04. The van der Waals surface area contributed by atoms with Gasteiger partial charge < -0.3 is 9.84 Å². The zero-order chi connectivity index (χ0) is 11.1. The summed E-state index contributed by atoms with van der Waals surface area (Å²) in [5.41, 5.74) is 0.862. The summed E-state index contributed by atoms with van der Waals surface area (Å²) >= 11 is 0. The third kappa shape index (κ3) is 4.34. The molecule has 0 aliphatic carbocycles. The van der Waals surface area contributed by atoms with Gasteiger partial charge in [0.2, 0.25) is 0 Å². The molecule has 1 aromatic carbocycles. The second-order valence-electron chi connectivity index (χ2n) is 4.04. The third-order valence-corrected chi connectivity index (χ3v) is 2.43. The van der Waals surface area contributed by atoms with Crippen LogP contribution in [0.1, 0.15) is 32.3 Å². The first-order valence-electron chi connectivity index (χ1n) is 5.58. The van der Waals surface area contributed by atoms with Crippen LogP contribution in [0.25, 0.3) is 0 Å². The highest BCUT2D eigenvalue weighted by atomic mass is 16.5. The molecule has 1 unspecified atom stereocenters. The number of hydrogen-bond acceptors (Lipinski definition) is 2. The highest BCUT2D eigenvalue weighted by molar-refractivity contribution is 5.30. The van der Waals surface area contributed by atoms with Crippen LogP contribution in [0, 0.1) is 5.92 Å². The molecule has 0 spiro atoms. The lowest BCUT2D eigenvalue weighted by Gasteiger charge is -2.11. The zero-order valence-corrected chi connectivity index (χ0v) is 9.57. The number of benzene rings is 1. The van der Waals surface area contributed by atoms with Crippen molar-refractivity contribution >= 4 is 0 Å². The molecule has 0 heterocycles. The Bertz CT molecular complexity index is 284. The highest BCUT2D eigenvalue weighted by Gasteiger charge is 2.03. The van der Waals surface area contributed by atoms with Crippen molar-refractivity contribution in [2.75, 3.05) is 6.61 Å². The standard InChI is InChI=1S/C13H20O2/c1-3-6-11(2)9-15-10-12-7-4-5-8-13(12)14/h4-5,7-8,11,14H,3,6,9-10H2,1-2H3. The Morgan fingerprint density at radius 1 is 1.33 bits per heavy atom. The molecule has 0 saturated heterocycles. The molecule has 1 aromatic rings. The number of hydrogen-bond donors (Lipinski definition) is 1. The number of para-hydroxylation sites is 1. The predicted octanol–water partition coefficient (Wildman–Crippen LogP) is 3.35. The minimum absolute atomic E-state index is 0.320. The van der Waals surface area contributed by atoms with Gasteiger partial charge in [0.1, 0.15) is 5.75 Å². The van der Waals surface area contributed by atoms with E-state index in [1.807, 2.05) is 18.2 Å². The quantitative estimate of drug-likeness (QED) is 0.777. The Morgan fingerprint density at radius 2 is 2.07 bits per heavy atom. The summed E-state index contributed by atoms with van der Waals surface area (Å²) in [6.07, 6.45) is 2.39. The molecule has 0 radical (unpaired) electrons. The summed E-state index contributed by atoms with van der Waals surface area (Å²) in [7, 11) is 0. The normalized spacial score (nSPS) is 12.7. The zero-order valence-electron chi connectivity index (χ0n) is 9.57. The average molecular weight is 208 g/mol. The van der Waals surface area contributed by atoms with E-state index in [0.29, 0.717) is 18.3 Å². The molecule has 0 saturated carbocycles. The molecule has 0 aliphatic heterocycles. The molecule has 2 heteroatoms. The molecule has 0 bridgehead atoms. The molecule has 1 N–H and O–H groups in total. The molecule has 1 atom stereocenters. The van der Waals surface area contributed by atoms with E-state index in [1.165, 1.54) is 12.8 Å². The molecule has 1 rings (SSSR count). The van der Waals surface area contributed by atoms with Crippen molar-refractivity contribution in [2.24, 2.45) is 5.92 Å². The number of phenolic OH excluding ortho intramolecular Hbond substituents is 1. The molecular weight excluding hydrogens is 188 g/mol. The largest absolute Gasteiger partial charge is 0.508 e. The van der Waals surface area contributed by atoms with Crippen LogP contribution in [0.15, 0.2) is 24.3 Å². The number of aromatic hydroxyl groups is 1.